The molecule has 3 rings (SSSR count). The molecule has 2 aromatic rings. The van der Waals surface area contributed by atoms with Crippen LogP contribution in [0.15, 0.2) is 33.8 Å². The number of rotatable bonds is 6. The van der Waals surface area contributed by atoms with Crippen molar-refractivity contribution in [3.05, 3.63) is 35.2 Å². The number of halogens is 1. The number of guanidine groups is 1. The Bertz CT molecular complexity index is 715. The maximum atomic E-state index is 5.99. The van der Waals surface area contributed by atoms with Gasteiger partial charge in [0.05, 0.1) is 6.54 Å². The Hall–Kier alpha value is -2.08. The molecule has 1 aliphatic rings. The highest BCUT2D eigenvalue weighted by Crippen LogP contribution is 2.28. The number of hydrogen-bond acceptors (Lipinski definition) is 4. The van der Waals surface area contributed by atoms with E-state index >= 15 is 0 Å². The Kier molecular flexibility index (Phi) is 5.35. The molecule has 0 bridgehead atoms. The van der Waals surface area contributed by atoms with Crippen molar-refractivity contribution >= 4 is 17.6 Å². The number of hydrogen-bond donors (Lipinski definition) is 2. The zero-order valence-electron chi connectivity index (χ0n) is 13.9. The third kappa shape index (κ3) is 4.47. The molecule has 2 N–H and O–H groups in total. The lowest BCUT2D eigenvalue weighted by Gasteiger charge is -2.10. The molecule has 0 saturated heterocycles. The van der Waals surface area contributed by atoms with E-state index in [9.17, 15) is 0 Å². The zero-order chi connectivity index (χ0) is 16.9. The molecule has 6 nitrogen and oxygen atoms in total. The molecule has 0 spiro atoms. The second-order valence-electron chi connectivity index (χ2n) is 6.00. The number of aromatic nitrogens is 2. The minimum Gasteiger partial charge on any atom is -0.357 e. The fourth-order valence-electron chi connectivity index (χ4n) is 2.38. The van der Waals surface area contributed by atoms with Gasteiger partial charge >= 0.3 is 0 Å². The van der Waals surface area contributed by atoms with E-state index in [1.54, 1.807) is 0 Å². The van der Waals surface area contributed by atoms with Crippen LogP contribution in [-0.4, -0.2) is 35.2 Å². The topological polar surface area (TPSA) is 75.3 Å². The highest BCUT2D eigenvalue weighted by atomic mass is 35.5. The van der Waals surface area contributed by atoms with Crippen molar-refractivity contribution < 1.29 is 4.52 Å². The lowest BCUT2D eigenvalue weighted by Crippen LogP contribution is -2.39. The van der Waals surface area contributed by atoms with Gasteiger partial charge in [0, 0.05) is 29.6 Å². The molecular formula is C17H22ClN5O. The van der Waals surface area contributed by atoms with Gasteiger partial charge in [0.15, 0.2) is 5.96 Å². The molecule has 2 unspecified atom stereocenters. The summed E-state index contributed by atoms with van der Waals surface area (Å²) in [6.45, 7) is 5.72. The van der Waals surface area contributed by atoms with Gasteiger partial charge in [-0.1, -0.05) is 35.8 Å². The van der Waals surface area contributed by atoms with Crippen molar-refractivity contribution in [2.75, 3.05) is 13.1 Å². The Morgan fingerprint density at radius 2 is 2.29 bits per heavy atom. The molecular weight excluding hydrogens is 326 g/mol. The van der Waals surface area contributed by atoms with Gasteiger partial charge in [-0.05, 0) is 31.4 Å². The van der Waals surface area contributed by atoms with Gasteiger partial charge in [0.1, 0.15) is 0 Å². The number of nitrogens with zero attached hydrogens (tertiary/aromatic N) is 3. The van der Waals surface area contributed by atoms with E-state index in [2.05, 4.69) is 39.6 Å². The van der Waals surface area contributed by atoms with Crippen molar-refractivity contribution in [2.24, 2.45) is 10.9 Å². The van der Waals surface area contributed by atoms with Gasteiger partial charge < -0.3 is 15.2 Å². The van der Waals surface area contributed by atoms with Gasteiger partial charge in [-0.25, -0.2) is 0 Å². The van der Waals surface area contributed by atoms with E-state index in [1.165, 1.54) is 6.42 Å². The molecule has 2 atom stereocenters. The molecule has 0 aliphatic heterocycles. The number of nitrogens with one attached hydrogen (secondary N) is 2. The Morgan fingerprint density at radius 3 is 3.00 bits per heavy atom. The van der Waals surface area contributed by atoms with Crippen LogP contribution < -0.4 is 10.6 Å². The summed E-state index contributed by atoms with van der Waals surface area (Å²) in [6.07, 6.45) is 1.81. The van der Waals surface area contributed by atoms with E-state index < -0.39 is 0 Å². The first-order valence-corrected chi connectivity index (χ1v) is 8.67. The summed E-state index contributed by atoms with van der Waals surface area (Å²) >= 11 is 5.99. The van der Waals surface area contributed by atoms with Crippen LogP contribution >= 0.6 is 11.6 Å². The molecule has 128 valence electrons. The van der Waals surface area contributed by atoms with Crippen LogP contribution in [0.2, 0.25) is 5.02 Å². The van der Waals surface area contributed by atoms with Crippen molar-refractivity contribution in [3.63, 3.8) is 0 Å². The molecule has 0 amide bonds. The maximum absolute atomic E-state index is 5.99. The van der Waals surface area contributed by atoms with E-state index in [0.717, 1.165) is 24.0 Å². The fraction of sp³-hybridized carbons (Fsp3) is 0.471. The highest BCUT2D eigenvalue weighted by Gasteiger charge is 2.33. The smallest absolute Gasteiger partial charge is 0.228 e. The maximum Gasteiger partial charge on any atom is 0.228 e. The van der Waals surface area contributed by atoms with Crippen LogP contribution in [0.3, 0.4) is 0 Å². The first kappa shape index (κ1) is 16.8. The highest BCUT2D eigenvalue weighted by molar-refractivity contribution is 6.30. The van der Waals surface area contributed by atoms with Gasteiger partial charge in [-0.2, -0.15) is 4.98 Å². The molecule has 1 fully saturated rings. The summed E-state index contributed by atoms with van der Waals surface area (Å²) in [5, 5.41) is 11.3. The van der Waals surface area contributed by atoms with E-state index in [1.807, 2.05) is 24.3 Å². The summed E-state index contributed by atoms with van der Waals surface area (Å²) in [7, 11) is 0. The average molecular weight is 348 g/mol. The van der Waals surface area contributed by atoms with Crippen molar-refractivity contribution in [3.8, 4) is 11.4 Å². The molecule has 1 aromatic carbocycles. The van der Waals surface area contributed by atoms with Crippen LogP contribution in [0.4, 0.5) is 0 Å². The van der Waals surface area contributed by atoms with Crippen LogP contribution in [0, 0.1) is 5.92 Å². The molecule has 1 aromatic heterocycles. The molecule has 1 heterocycles. The van der Waals surface area contributed by atoms with Crippen molar-refractivity contribution in [2.45, 2.75) is 32.7 Å². The SMILES string of the molecule is CCNC(=NCCc1nc(-c2cccc(Cl)c2)no1)NC1CC1C. The minimum atomic E-state index is 0.542. The lowest BCUT2D eigenvalue weighted by molar-refractivity contribution is 0.380. The molecule has 1 saturated carbocycles. The molecule has 1 aliphatic carbocycles. The number of benzene rings is 1. The second kappa shape index (κ2) is 7.66. The third-order valence-electron chi connectivity index (χ3n) is 3.92. The molecule has 0 radical (unpaired) electrons. The van der Waals surface area contributed by atoms with Gasteiger partial charge in [-0.3, -0.25) is 4.99 Å². The van der Waals surface area contributed by atoms with Crippen LogP contribution in [0.1, 0.15) is 26.2 Å². The largest absolute Gasteiger partial charge is 0.357 e. The quantitative estimate of drug-likeness (QED) is 0.620. The van der Waals surface area contributed by atoms with E-state index in [-0.39, 0.29) is 0 Å². The fourth-order valence-corrected chi connectivity index (χ4v) is 2.57. The second-order valence-corrected chi connectivity index (χ2v) is 6.43. The van der Waals surface area contributed by atoms with Gasteiger partial charge in [0.25, 0.3) is 0 Å². The average Bonchev–Trinajstić information content (AvgIpc) is 3.06. The monoisotopic (exact) mass is 347 g/mol. The Labute approximate surface area is 146 Å². The Morgan fingerprint density at radius 1 is 1.46 bits per heavy atom. The van der Waals surface area contributed by atoms with E-state index in [4.69, 9.17) is 16.1 Å². The predicted molar refractivity (Wildman–Crippen MR) is 95.1 cm³/mol. The lowest BCUT2D eigenvalue weighted by atomic mass is 10.2. The predicted octanol–water partition coefficient (Wildman–Crippen LogP) is 2.90. The standard InChI is InChI=1S/C17H22ClN5O/c1-3-19-17(21-14-9-11(14)2)20-8-7-15-22-16(23-24-15)12-5-4-6-13(18)10-12/h4-6,10-11,14H,3,7-9H2,1-2H3,(H2,19,20,21). The molecule has 7 heteroatoms. The summed E-state index contributed by atoms with van der Waals surface area (Å²) in [4.78, 5) is 8.97. The van der Waals surface area contributed by atoms with Crippen molar-refractivity contribution in [1.82, 2.24) is 20.8 Å². The first-order chi connectivity index (χ1) is 11.7. The number of aliphatic imine (C=N–C) groups is 1. The summed E-state index contributed by atoms with van der Waals surface area (Å²) in [5.74, 6) is 2.70. The van der Waals surface area contributed by atoms with Crippen LogP contribution in [-0.2, 0) is 6.42 Å². The van der Waals surface area contributed by atoms with Crippen molar-refractivity contribution in [1.29, 1.82) is 0 Å². The summed E-state index contributed by atoms with van der Waals surface area (Å²) in [5.41, 5.74) is 0.846. The molecule has 24 heavy (non-hydrogen) atoms. The minimum absolute atomic E-state index is 0.542. The first-order valence-electron chi connectivity index (χ1n) is 8.29. The normalized spacial score (nSPS) is 20.0. The summed E-state index contributed by atoms with van der Waals surface area (Å²) < 4.78 is 5.30. The van der Waals surface area contributed by atoms with Gasteiger partial charge in [0.2, 0.25) is 11.7 Å². The van der Waals surface area contributed by atoms with Crippen LogP contribution in [0.5, 0.6) is 0 Å². The van der Waals surface area contributed by atoms with E-state index in [0.29, 0.717) is 35.7 Å². The van der Waals surface area contributed by atoms with Crippen LogP contribution in [0.25, 0.3) is 11.4 Å². The summed E-state index contributed by atoms with van der Waals surface area (Å²) in [6, 6.07) is 7.95. The Balaban J connectivity index is 1.57. The van der Waals surface area contributed by atoms with Gasteiger partial charge in [-0.15, -0.1) is 0 Å². The zero-order valence-corrected chi connectivity index (χ0v) is 14.7. The third-order valence-corrected chi connectivity index (χ3v) is 4.16.